The maximum atomic E-state index is 6.18. The van der Waals surface area contributed by atoms with Crippen molar-refractivity contribution >= 4 is 60.7 Å². The number of ether oxygens (including phenoxy) is 1. The molecule has 0 spiro atoms. The van der Waals surface area contributed by atoms with Crippen LogP contribution < -0.4 is 10.1 Å². The maximum Gasteiger partial charge on any atom is 0.148 e. The van der Waals surface area contributed by atoms with E-state index >= 15 is 0 Å². The third-order valence-electron chi connectivity index (χ3n) is 3.69. The first-order valence-electron chi connectivity index (χ1n) is 7.86. The molecule has 0 aromatic heterocycles. The summed E-state index contributed by atoms with van der Waals surface area (Å²) >= 11 is 19.4. The Hall–Kier alpha value is -1.20. The Labute approximate surface area is 179 Å². The summed E-state index contributed by atoms with van der Waals surface area (Å²) in [6.07, 6.45) is 0. The van der Waals surface area contributed by atoms with E-state index in [4.69, 9.17) is 27.9 Å². The average molecular weight is 516 g/mol. The second-order valence-corrected chi connectivity index (χ2v) is 8.19. The van der Waals surface area contributed by atoms with Crippen LogP contribution >= 0.6 is 55.1 Å². The van der Waals surface area contributed by atoms with Crippen LogP contribution in [0.4, 0.5) is 5.69 Å². The van der Waals surface area contributed by atoms with Crippen molar-refractivity contribution in [3.05, 3.63) is 90.8 Å². The molecule has 0 aliphatic carbocycles. The number of rotatable bonds is 6. The van der Waals surface area contributed by atoms with Crippen molar-refractivity contribution in [1.82, 2.24) is 0 Å². The Balaban J connectivity index is 1.69. The van der Waals surface area contributed by atoms with Crippen molar-refractivity contribution < 1.29 is 4.74 Å². The summed E-state index contributed by atoms with van der Waals surface area (Å²) in [5, 5.41) is 4.74. The summed E-state index contributed by atoms with van der Waals surface area (Å²) in [4.78, 5) is 0. The van der Waals surface area contributed by atoms with E-state index in [0.717, 1.165) is 31.5 Å². The Morgan fingerprint density at radius 3 is 2.27 bits per heavy atom. The van der Waals surface area contributed by atoms with Crippen LogP contribution in [0.15, 0.2) is 69.6 Å². The van der Waals surface area contributed by atoms with Gasteiger partial charge in [0.05, 0.1) is 19.7 Å². The lowest BCUT2D eigenvalue weighted by Crippen LogP contribution is -2.02. The van der Waals surface area contributed by atoms with Crippen LogP contribution in [0.2, 0.25) is 10.0 Å². The highest BCUT2D eigenvalue weighted by Crippen LogP contribution is 2.36. The topological polar surface area (TPSA) is 21.3 Å². The lowest BCUT2D eigenvalue weighted by molar-refractivity contribution is 0.302. The third-order valence-corrected chi connectivity index (χ3v) is 5.43. The van der Waals surface area contributed by atoms with Crippen molar-refractivity contribution in [2.75, 3.05) is 5.32 Å². The fourth-order valence-electron chi connectivity index (χ4n) is 2.44. The van der Waals surface area contributed by atoms with Gasteiger partial charge in [-0.1, -0.05) is 47.5 Å². The molecule has 0 saturated carbocycles. The summed E-state index contributed by atoms with van der Waals surface area (Å²) in [7, 11) is 0. The summed E-state index contributed by atoms with van der Waals surface area (Å²) in [6.45, 7) is 1.09. The zero-order valence-electron chi connectivity index (χ0n) is 13.6. The van der Waals surface area contributed by atoms with E-state index in [0.29, 0.717) is 23.2 Å². The number of para-hydroxylation sites is 1. The van der Waals surface area contributed by atoms with Crippen LogP contribution in [0, 0.1) is 0 Å². The Kier molecular flexibility index (Phi) is 6.87. The van der Waals surface area contributed by atoms with Gasteiger partial charge < -0.3 is 10.1 Å². The highest BCUT2D eigenvalue weighted by Gasteiger charge is 2.10. The number of hydrogen-bond donors (Lipinski definition) is 1. The molecular weight excluding hydrogens is 501 g/mol. The van der Waals surface area contributed by atoms with E-state index in [9.17, 15) is 0 Å². The molecule has 0 aliphatic heterocycles. The monoisotopic (exact) mass is 513 g/mol. The molecule has 134 valence electrons. The SMILES string of the molecule is Clc1cccc(COc2c(Br)cc(CNc3ccccc3Cl)cc2Br)c1. The number of benzene rings is 3. The highest BCUT2D eigenvalue weighted by atomic mass is 79.9. The molecule has 3 rings (SSSR count). The van der Waals surface area contributed by atoms with Gasteiger partial charge >= 0.3 is 0 Å². The first kappa shape index (κ1) is 19.6. The molecule has 0 radical (unpaired) electrons. The molecule has 0 saturated heterocycles. The molecule has 0 aliphatic rings. The van der Waals surface area contributed by atoms with E-state index in [2.05, 4.69) is 37.2 Å². The number of nitrogens with one attached hydrogen (secondary N) is 1. The molecule has 26 heavy (non-hydrogen) atoms. The molecule has 6 heteroatoms. The Morgan fingerprint density at radius 2 is 1.58 bits per heavy atom. The molecule has 1 N–H and O–H groups in total. The van der Waals surface area contributed by atoms with Crippen molar-refractivity contribution in [3.63, 3.8) is 0 Å². The van der Waals surface area contributed by atoms with Gasteiger partial charge in [0.25, 0.3) is 0 Å². The molecular formula is C20H15Br2Cl2NO. The highest BCUT2D eigenvalue weighted by molar-refractivity contribution is 9.11. The fourth-order valence-corrected chi connectivity index (χ4v) is 4.36. The van der Waals surface area contributed by atoms with E-state index in [1.54, 1.807) is 0 Å². The summed E-state index contributed by atoms with van der Waals surface area (Å²) < 4.78 is 7.71. The van der Waals surface area contributed by atoms with Crippen molar-refractivity contribution in [1.29, 1.82) is 0 Å². The van der Waals surface area contributed by atoms with Gasteiger partial charge in [-0.25, -0.2) is 0 Å². The minimum absolute atomic E-state index is 0.439. The van der Waals surface area contributed by atoms with E-state index in [1.807, 2.05) is 60.7 Å². The molecule has 2 nitrogen and oxygen atoms in total. The number of anilines is 1. The second-order valence-electron chi connectivity index (χ2n) is 5.64. The molecule has 0 unspecified atom stereocenters. The van der Waals surface area contributed by atoms with Crippen molar-refractivity contribution in [3.8, 4) is 5.75 Å². The molecule has 3 aromatic rings. The number of hydrogen-bond acceptors (Lipinski definition) is 2. The first-order valence-corrected chi connectivity index (χ1v) is 10.2. The van der Waals surface area contributed by atoms with Gasteiger partial charge in [0.15, 0.2) is 0 Å². The van der Waals surface area contributed by atoms with Gasteiger partial charge in [-0.2, -0.15) is 0 Å². The van der Waals surface area contributed by atoms with Crippen LogP contribution in [0.3, 0.4) is 0 Å². The predicted molar refractivity (Wildman–Crippen MR) is 116 cm³/mol. The minimum Gasteiger partial charge on any atom is -0.487 e. The average Bonchev–Trinajstić information content (AvgIpc) is 2.60. The minimum atomic E-state index is 0.439. The van der Waals surface area contributed by atoms with E-state index in [-0.39, 0.29) is 0 Å². The predicted octanol–water partition coefficient (Wildman–Crippen LogP) is 7.71. The van der Waals surface area contributed by atoms with Crippen molar-refractivity contribution in [2.45, 2.75) is 13.2 Å². The molecule has 3 aromatic carbocycles. The molecule has 0 amide bonds. The van der Waals surface area contributed by atoms with Crippen LogP contribution in [0.1, 0.15) is 11.1 Å². The first-order chi connectivity index (χ1) is 12.5. The van der Waals surface area contributed by atoms with Gasteiger partial charge in [0.2, 0.25) is 0 Å². The molecule has 0 fully saturated rings. The second kappa shape index (κ2) is 9.14. The van der Waals surface area contributed by atoms with Crippen molar-refractivity contribution in [2.24, 2.45) is 0 Å². The smallest absolute Gasteiger partial charge is 0.148 e. The van der Waals surface area contributed by atoms with Gasteiger partial charge in [-0.05, 0) is 79.4 Å². The molecule has 0 heterocycles. The quantitative estimate of drug-likeness (QED) is 0.363. The molecule has 0 atom stereocenters. The van der Waals surface area contributed by atoms with Crippen LogP contribution in [-0.4, -0.2) is 0 Å². The van der Waals surface area contributed by atoms with Gasteiger partial charge in [0, 0.05) is 11.6 Å². The summed E-state index contributed by atoms with van der Waals surface area (Å²) in [6, 6.07) is 19.4. The Bertz CT molecular complexity index is 895. The molecule has 0 bridgehead atoms. The van der Waals surface area contributed by atoms with Gasteiger partial charge in [0.1, 0.15) is 12.4 Å². The van der Waals surface area contributed by atoms with Gasteiger partial charge in [-0.3, -0.25) is 0 Å². The third kappa shape index (κ3) is 5.17. The zero-order chi connectivity index (χ0) is 18.5. The van der Waals surface area contributed by atoms with E-state index in [1.165, 1.54) is 0 Å². The number of halogens is 4. The van der Waals surface area contributed by atoms with Crippen LogP contribution in [0.25, 0.3) is 0 Å². The van der Waals surface area contributed by atoms with E-state index < -0.39 is 0 Å². The Morgan fingerprint density at radius 1 is 0.846 bits per heavy atom. The fraction of sp³-hybridized carbons (Fsp3) is 0.100. The van der Waals surface area contributed by atoms with Crippen LogP contribution in [-0.2, 0) is 13.2 Å². The maximum absolute atomic E-state index is 6.18. The lowest BCUT2D eigenvalue weighted by atomic mass is 10.2. The normalized spacial score (nSPS) is 10.6. The van der Waals surface area contributed by atoms with Gasteiger partial charge in [-0.15, -0.1) is 0 Å². The lowest BCUT2D eigenvalue weighted by Gasteiger charge is -2.14. The summed E-state index contributed by atoms with van der Waals surface area (Å²) in [5.74, 6) is 0.756. The summed E-state index contributed by atoms with van der Waals surface area (Å²) in [5.41, 5.74) is 3.02. The standard InChI is InChI=1S/C20H15Br2Cl2NO/c21-16-9-14(11-25-19-7-2-1-6-18(19)24)10-17(22)20(16)26-12-13-4-3-5-15(23)8-13/h1-10,25H,11-12H2. The van der Waals surface area contributed by atoms with Crippen LogP contribution in [0.5, 0.6) is 5.75 Å². The largest absolute Gasteiger partial charge is 0.487 e. The zero-order valence-corrected chi connectivity index (χ0v) is 18.3.